The molecular formula is C8H12N2O4S2. The Kier molecular flexibility index (Phi) is 3.38. The molecule has 1 rings (SSSR count). The highest BCUT2D eigenvalue weighted by atomic mass is 32.2. The van der Waals surface area contributed by atoms with Crippen LogP contribution in [0.5, 0.6) is 0 Å². The molecule has 0 atom stereocenters. The molecule has 8 heteroatoms. The number of hydrogen-bond donors (Lipinski definition) is 1. The number of benzene rings is 1. The van der Waals surface area contributed by atoms with Gasteiger partial charge in [-0.3, -0.25) is 0 Å². The Morgan fingerprint density at radius 3 is 2.00 bits per heavy atom. The molecule has 0 unspecified atom stereocenters. The topological polar surface area (TPSA) is 97.5 Å². The summed E-state index contributed by atoms with van der Waals surface area (Å²) in [6.45, 7) is 0. The first-order valence-corrected chi connectivity index (χ1v) is 7.20. The number of primary sulfonamides is 1. The summed E-state index contributed by atoms with van der Waals surface area (Å²) in [5.41, 5.74) is 0. The Bertz CT molecular complexity index is 590. The molecule has 0 spiro atoms. The molecule has 0 aliphatic heterocycles. The second-order valence-electron chi connectivity index (χ2n) is 3.31. The first-order chi connectivity index (χ1) is 7.15. The van der Waals surface area contributed by atoms with Gasteiger partial charge >= 0.3 is 0 Å². The van der Waals surface area contributed by atoms with E-state index in [9.17, 15) is 16.8 Å². The largest absolute Gasteiger partial charge is 0.242 e. The molecule has 0 fully saturated rings. The Balaban J connectivity index is 3.41. The van der Waals surface area contributed by atoms with E-state index in [-0.39, 0.29) is 9.79 Å². The molecule has 90 valence electrons. The van der Waals surface area contributed by atoms with Crippen LogP contribution in [0.4, 0.5) is 0 Å². The molecule has 2 N–H and O–H groups in total. The van der Waals surface area contributed by atoms with Gasteiger partial charge in [-0.25, -0.2) is 26.3 Å². The molecule has 1 aromatic carbocycles. The van der Waals surface area contributed by atoms with Crippen molar-refractivity contribution < 1.29 is 16.8 Å². The van der Waals surface area contributed by atoms with Crippen molar-refractivity contribution in [1.82, 2.24) is 4.31 Å². The summed E-state index contributed by atoms with van der Waals surface area (Å²) in [6.07, 6.45) is 0. The van der Waals surface area contributed by atoms with Crippen molar-refractivity contribution >= 4 is 20.0 Å². The SMILES string of the molecule is CN(C)S(=O)(=O)c1cccc(S(N)(=O)=O)c1. The van der Waals surface area contributed by atoms with Gasteiger partial charge in [0.25, 0.3) is 0 Å². The fourth-order valence-electron chi connectivity index (χ4n) is 1.02. The molecule has 0 aliphatic carbocycles. The molecule has 16 heavy (non-hydrogen) atoms. The smallest absolute Gasteiger partial charge is 0.225 e. The highest BCUT2D eigenvalue weighted by molar-refractivity contribution is 7.90. The van der Waals surface area contributed by atoms with Gasteiger partial charge in [0, 0.05) is 14.1 Å². The molecule has 1 aromatic rings. The van der Waals surface area contributed by atoms with Gasteiger partial charge in [0.2, 0.25) is 20.0 Å². The number of rotatable bonds is 3. The van der Waals surface area contributed by atoms with E-state index in [0.29, 0.717) is 0 Å². The van der Waals surface area contributed by atoms with Crippen molar-refractivity contribution in [3.8, 4) is 0 Å². The Labute approximate surface area is 94.8 Å². The third-order valence-corrected chi connectivity index (χ3v) is 4.63. The van der Waals surface area contributed by atoms with Crippen molar-refractivity contribution in [2.45, 2.75) is 9.79 Å². The van der Waals surface area contributed by atoms with Crippen LogP contribution >= 0.6 is 0 Å². The molecule has 0 saturated carbocycles. The highest BCUT2D eigenvalue weighted by Gasteiger charge is 2.19. The summed E-state index contributed by atoms with van der Waals surface area (Å²) < 4.78 is 46.5. The van der Waals surface area contributed by atoms with Gasteiger partial charge in [0.05, 0.1) is 9.79 Å². The maximum Gasteiger partial charge on any atom is 0.242 e. The summed E-state index contributed by atoms with van der Waals surface area (Å²) in [5, 5.41) is 4.91. The van der Waals surface area contributed by atoms with Gasteiger partial charge in [-0.05, 0) is 18.2 Å². The third kappa shape index (κ3) is 2.59. The van der Waals surface area contributed by atoms with Crippen LogP contribution < -0.4 is 5.14 Å². The lowest BCUT2D eigenvalue weighted by Crippen LogP contribution is -2.22. The minimum atomic E-state index is -3.89. The normalized spacial score (nSPS) is 13.0. The summed E-state index contributed by atoms with van der Waals surface area (Å²) >= 11 is 0. The van der Waals surface area contributed by atoms with E-state index in [1.807, 2.05) is 0 Å². The highest BCUT2D eigenvalue weighted by Crippen LogP contribution is 2.16. The zero-order chi connectivity index (χ0) is 12.6. The number of hydrogen-bond acceptors (Lipinski definition) is 4. The van der Waals surface area contributed by atoms with Crippen molar-refractivity contribution in [3.05, 3.63) is 24.3 Å². The van der Waals surface area contributed by atoms with Gasteiger partial charge in [-0.2, -0.15) is 0 Å². The molecule has 0 heterocycles. The molecule has 0 amide bonds. The number of nitrogens with two attached hydrogens (primary N) is 1. The van der Waals surface area contributed by atoms with Crippen molar-refractivity contribution in [1.29, 1.82) is 0 Å². The van der Waals surface area contributed by atoms with E-state index in [4.69, 9.17) is 5.14 Å². The molecular weight excluding hydrogens is 252 g/mol. The van der Waals surface area contributed by atoms with E-state index in [1.165, 1.54) is 32.3 Å². The van der Waals surface area contributed by atoms with Gasteiger partial charge in [-0.1, -0.05) is 6.07 Å². The van der Waals surface area contributed by atoms with Crippen LogP contribution in [0.3, 0.4) is 0 Å². The van der Waals surface area contributed by atoms with E-state index < -0.39 is 20.0 Å². The fourth-order valence-corrected chi connectivity index (χ4v) is 2.60. The zero-order valence-electron chi connectivity index (χ0n) is 8.78. The van der Waals surface area contributed by atoms with Crippen LogP contribution in [0.1, 0.15) is 0 Å². The standard InChI is InChI=1S/C8H12N2O4S2/c1-10(2)16(13,14)8-5-3-4-7(6-8)15(9,11)12/h3-6H,1-2H3,(H2,9,11,12). The zero-order valence-corrected chi connectivity index (χ0v) is 10.4. The molecule has 0 saturated heterocycles. The predicted molar refractivity (Wildman–Crippen MR) is 58.7 cm³/mol. The lowest BCUT2D eigenvalue weighted by atomic mass is 10.4. The average Bonchev–Trinajstić information content (AvgIpc) is 2.16. The van der Waals surface area contributed by atoms with Crippen molar-refractivity contribution in [3.63, 3.8) is 0 Å². The Morgan fingerprint density at radius 2 is 1.56 bits per heavy atom. The summed E-state index contributed by atoms with van der Waals surface area (Å²) in [5.74, 6) is 0. The van der Waals surface area contributed by atoms with Crippen LogP contribution in [-0.2, 0) is 20.0 Å². The van der Waals surface area contributed by atoms with Gasteiger partial charge in [0.15, 0.2) is 0 Å². The second-order valence-corrected chi connectivity index (χ2v) is 7.02. The Hall–Kier alpha value is -0.960. The van der Waals surface area contributed by atoms with Crippen LogP contribution in [0.15, 0.2) is 34.1 Å². The van der Waals surface area contributed by atoms with E-state index in [1.54, 1.807) is 0 Å². The lowest BCUT2D eigenvalue weighted by Gasteiger charge is -2.11. The first kappa shape index (κ1) is 13.1. The number of sulfonamides is 2. The maximum absolute atomic E-state index is 11.7. The molecule has 0 bridgehead atoms. The summed E-state index contributed by atoms with van der Waals surface area (Å²) in [7, 11) is -4.82. The summed E-state index contributed by atoms with van der Waals surface area (Å²) in [4.78, 5) is -0.334. The van der Waals surface area contributed by atoms with Crippen molar-refractivity contribution in [2.24, 2.45) is 5.14 Å². The van der Waals surface area contributed by atoms with Gasteiger partial charge < -0.3 is 0 Å². The van der Waals surface area contributed by atoms with E-state index in [2.05, 4.69) is 0 Å². The van der Waals surface area contributed by atoms with Crippen LogP contribution in [0.2, 0.25) is 0 Å². The predicted octanol–water partition coefficient (Wildman–Crippen LogP) is -0.416. The number of nitrogens with zero attached hydrogens (tertiary/aromatic N) is 1. The van der Waals surface area contributed by atoms with Crippen molar-refractivity contribution in [2.75, 3.05) is 14.1 Å². The minimum absolute atomic E-state index is 0.107. The molecule has 0 radical (unpaired) electrons. The van der Waals surface area contributed by atoms with Gasteiger partial charge in [0.1, 0.15) is 0 Å². The Morgan fingerprint density at radius 1 is 1.06 bits per heavy atom. The minimum Gasteiger partial charge on any atom is -0.225 e. The lowest BCUT2D eigenvalue weighted by molar-refractivity contribution is 0.520. The van der Waals surface area contributed by atoms with Crippen LogP contribution in [0.25, 0.3) is 0 Å². The summed E-state index contributed by atoms with van der Waals surface area (Å²) in [6, 6.07) is 4.91. The van der Waals surface area contributed by atoms with Gasteiger partial charge in [-0.15, -0.1) is 0 Å². The monoisotopic (exact) mass is 264 g/mol. The quantitative estimate of drug-likeness (QED) is 0.802. The molecule has 6 nitrogen and oxygen atoms in total. The van der Waals surface area contributed by atoms with E-state index in [0.717, 1.165) is 10.4 Å². The fraction of sp³-hybridized carbons (Fsp3) is 0.250. The molecule has 0 aliphatic rings. The molecule has 0 aromatic heterocycles. The van der Waals surface area contributed by atoms with Crippen LogP contribution in [-0.4, -0.2) is 35.2 Å². The van der Waals surface area contributed by atoms with E-state index >= 15 is 0 Å². The van der Waals surface area contributed by atoms with Crippen LogP contribution in [0, 0.1) is 0 Å². The average molecular weight is 264 g/mol. The maximum atomic E-state index is 11.7. The third-order valence-electron chi connectivity index (χ3n) is 1.91. The second kappa shape index (κ2) is 4.13. The first-order valence-electron chi connectivity index (χ1n) is 4.21.